The van der Waals surface area contributed by atoms with Crippen molar-refractivity contribution in [1.29, 1.82) is 0 Å². The fourth-order valence-electron chi connectivity index (χ4n) is 3.88. The van der Waals surface area contributed by atoms with Gasteiger partial charge in [0.05, 0.1) is 0 Å². The van der Waals surface area contributed by atoms with Crippen molar-refractivity contribution in [2.24, 2.45) is 5.92 Å². The molecule has 0 unspecified atom stereocenters. The van der Waals surface area contributed by atoms with Crippen LogP contribution >= 0.6 is 0 Å². The monoisotopic (exact) mass is 334 g/mol. The van der Waals surface area contributed by atoms with Crippen LogP contribution in [0.4, 0.5) is 0 Å². The number of rotatable bonds is 6. The largest absolute Gasteiger partial charge is 0.385 e. The minimum Gasteiger partial charge on any atom is -0.385 e. The Morgan fingerprint density at radius 3 is 3.04 bits per heavy atom. The summed E-state index contributed by atoms with van der Waals surface area (Å²) in [4.78, 5) is 28.7. The van der Waals surface area contributed by atoms with Gasteiger partial charge < -0.3 is 14.5 Å². The van der Waals surface area contributed by atoms with E-state index in [9.17, 15) is 9.59 Å². The van der Waals surface area contributed by atoms with Crippen molar-refractivity contribution in [1.82, 2.24) is 19.6 Å². The summed E-state index contributed by atoms with van der Waals surface area (Å²) in [6, 6.07) is 2.10. The SMILES string of the molecule is COCCCN1C(=O)CC[C@H]2CN(C(=O)Cn3cccn3)CC[C@H]21. The van der Waals surface area contributed by atoms with Crippen molar-refractivity contribution in [2.75, 3.05) is 33.4 Å². The highest BCUT2D eigenvalue weighted by atomic mass is 16.5. The Morgan fingerprint density at radius 2 is 2.29 bits per heavy atom. The topological polar surface area (TPSA) is 67.7 Å². The van der Waals surface area contributed by atoms with Gasteiger partial charge in [0, 0.05) is 58.2 Å². The first-order valence-electron chi connectivity index (χ1n) is 8.72. The van der Waals surface area contributed by atoms with Crippen molar-refractivity contribution < 1.29 is 14.3 Å². The lowest BCUT2D eigenvalue weighted by molar-refractivity contribution is -0.144. The Balaban J connectivity index is 1.57. The first kappa shape index (κ1) is 17.0. The van der Waals surface area contributed by atoms with E-state index in [2.05, 4.69) is 5.10 Å². The van der Waals surface area contributed by atoms with Gasteiger partial charge in [0.15, 0.2) is 0 Å². The molecule has 7 heteroatoms. The summed E-state index contributed by atoms with van der Waals surface area (Å²) in [7, 11) is 1.69. The van der Waals surface area contributed by atoms with Crippen LogP contribution in [0.2, 0.25) is 0 Å². The molecule has 2 fully saturated rings. The summed E-state index contributed by atoms with van der Waals surface area (Å²) in [6.45, 7) is 3.19. The van der Waals surface area contributed by atoms with Crippen LogP contribution in [0, 0.1) is 5.92 Å². The minimum atomic E-state index is 0.111. The molecule has 3 rings (SSSR count). The van der Waals surface area contributed by atoms with E-state index in [-0.39, 0.29) is 17.9 Å². The van der Waals surface area contributed by atoms with Gasteiger partial charge in [-0.25, -0.2) is 0 Å². The van der Waals surface area contributed by atoms with E-state index in [4.69, 9.17) is 4.74 Å². The number of methoxy groups -OCH3 is 1. The summed E-state index contributed by atoms with van der Waals surface area (Å²) in [5.41, 5.74) is 0. The number of piperidine rings is 2. The highest BCUT2D eigenvalue weighted by Crippen LogP contribution is 2.31. The van der Waals surface area contributed by atoms with E-state index in [0.717, 1.165) is 38.9 Å². The molecule has 132 valence electrons. The average molecular weight is 334 g/mol. The Morgan fingerprint density at radius 1 is 1.42 bits per heavy atom. The molecule has 7 nitrogen and oxygen atoms in total. The minimum absolute atomic E-state index is 0.111. The van der Waals surface area contributed by atoms with Gasteiger partial charge in [0.2, 0.25) is 11.8 Å². The van der Waals surface area contributed by atoms with Gasteiger partial charge in [-0.2, -0.15) is 5.10 Å². The molecule has 0 bridgehead atoms. The Hall–Kier alpha value is -1.89. The lowest BCUT2D eigenvalue weighted by atomic mass is 9.83. The van der Waals surface area contributed by atoms with Crippen LogP contribution in [-0.2, 0) is 20.9 Å². The van der Waals surface area contributed by atoms with Crippen LogP contribution in [0.15, 0.2) is 18.5 Å². The zero-order valence-electron chi connectivity index (χ0n) is 14.3. The predicted molar refractivity (Wildman–Crippen MR) is 88.1 cm³/mol. The molecule has 0 aliphatic carbocycles. The van der Waals surface area contributed by atoms with Gasteiger partial charge in [-0.05, 0) is 31.2 Å². The highest BCUT2D eigenvalue weighted by Gasteiger charge is 2.39. The quantitative estimate of drug-likeness (QED) is 0.720. The van der Waals surface area contributed by atoms with Crippen molar-refractivity contribution in [3.8, 4) is 0 Å². The molecule has 0 N–H and O–H groups in total. The zero-order valence-corrected chi connectivity index (χ0v) is 14.3. The number of aromatic nitrogens is 2. The number of hydrogen-bond acceptors (Lipinski definition) is 4. The number of likely N-dealkylation sites (tertiary alicyclic amines) is 2. The van der Waals surface area contributed by atoms with Gasteiger partial charge in [-0.3, -0.25) is 14.3 Å². The highest BCUT2D eigenvalue weighted by molar-refractivity contribution is 5.78. The molecule has 0 saturated carbocycles. The summed E-state index contributed by atoms with van der Waals surface area (Å²) >= 11 is 0. The standard InChI is InChI=1S/C17H26N4O3/c1-24-11-3-9-21-15-6-10-19(12-14(15)4-5-16(21)22)17(23)13-20-8-2-7-18-20/h2,7-8,14-15H,3-6,9-13H2,1H3/t14-,15+/m0/s1. The zero-order chi connectivity index (χ0) is 16.9. The van der Waals surface area contributed by atoms with E-state index in [0.29, 0.717) is 25.5 Å². The van der Waals surface area contributed by atoms with Crippen molar-refractivity contribution in [2.45, 2.75) is 38.3 Å². The van der Waals surface area contributed by atoms with E-state index in [1.54, 1.807) is 18.0 Å². The van der Waals surface area contributed by atoms with Crippen LogP contribution < -0.4 is 0 Å². The average Bonchev–Trinajstić information content (AvgIpc) is 3.09. The number of hydrogen-bond donors (Lipinski definition) is 0. The van der Waals surface area contributed by atoms with Gasteiger partial charge in [0.1, 0.15) is 6.54 Å². The van der Waals surface area contributed by atoms with Crippen molar-refractivity contribution >= 4 is 11.8 Å². The second-order valence-corrected chi connectivity index (χ2v) is 6.63. The number of amides is 2. The molecule has 2 amide bonds. The van der Waals surface area contributed by atoms with Crippen LogP contribution in [0.5, 0.6) is 0 Å². The molecule has 24 heavy (non-hydrogen) atoms. The smallest absolute Gasteiger partial charge is 0.244 e. The van der Waals surface area contributed by atoms with Crippen molar-refractivity contribution in [3.63, 3.8) is 0 Å². The molecule has 2 saturated heterocycles. The van der Waals surface area contributed by atoms with E-state index < -0.39 is 0 Å². The maximum absolute atomic E-state index is 12.5. The molecule has 2 atom stereocenters. The maximum atomic E-state index is 12.5. The second kappa shape index (κ2) is 7.79. The molecule has 1 aromatic heterocycles. The van der Waals surface area contributed by atoms with Gasteiger partial charge in [0.25, 0.3) is 0 Å². The van der Waals surface area contributed by atoms with Crippen LogP contribution in [0.3, 0.4) is 0 Å². The number of carbonyl (C=O) groups excluding carboxylic acids is 2. The predicted octanol–water partition coefficient (Wildman–Crippen LogP) is 0.759. The summed E-state index contributed by atoms with van der Waals surface area (Å²) in [6.07, 6.45) is 6.71. The number of ether oxygens (including phenoxy) is 1. The van der Waals surface area contributed by atoms with Gasteiger partial charge >= 0.3 is 0 Å². The second-order valence-electron chi connectivity index (χ2n) is 6.63. The maximum Gasteiger partial charge on any atom is 0.244 e. The van der Waals surface area contributed by atoms with Gasteiger partial charge in [-0.1, -0.05) is 0 Å². The third-order valence-electron chi connectivity index (χ3n) is 5.10. The van der Waals surface area contributed by atoms with Crippen LogP contribution in [-0.4, -0.2) is 70.8 Å². The normalized spacial score (nSPS) is 24.1. The van der Waals surface area contributed by atoms with E-state index in [1.807, 2.05) is 22.1 Å². The molecule has 0 spiro atoms. The van der Waals surface area contributed by atoms with Crippen LogP contribution in [0.1, 0.15) is 25.7 Å². The summed E-state index contributed by atoms with van der Waals surface area (Å²) in [5, 5.41) is 4.10. The lowest BCUT2D eigenvalue weighted by Crippen LogP contribution is -2.57. The van der Waals surface area contributed by atoms with Gasteiger partial charge in [-0.15, -0.1) is 0 Å². The first-order chi connectivity index (χ1) is 11.7. The molecule has 1 aromatic rings. The summed E-state index contributed by atoms with van der Waals surface area (Å²) < 4.78 is 6.77. The fraction of sp³-hybridized carbons (Fsp3) is 0.706. The van der Waals surface area contributed by atoms with E-state index >= 15 is 0 Å². The molecule has 3 heterocycles. The molecular weight excluding hydrogens is 308 g/mol. The molecule has 2 aliphatic rings. The molecular formula is C17H26N4O3. The third-order valence-corrected chi connectivity index (χ3v) is 5.10. The number of fused-ring (bicyclic) bond motifs is 1. The molecule has 0 aromatic carbocycles. The molecule has 0 radical (unpaired) electrons. The Bertz CT molecular complexity index is 560. The van der Waals surface area contributed by atoms with Crippen molar-refractivity contribution in [3.05, 3.63) is 18.5 Å². The summed E-state index contributed by atoms with van der Waals surface area (Å²) in [5.74, 6) is 0.754. The van der Waals surface area contributed by atoms with E-state index in [1.165, 1.54) is 0 Å². The Kier molecular flexibility index (Phi) is 5.50. The fourth-order valence-corrected chi connectivity index (χ4v) is 3.88. The number of carbonyl (C=O) groups is 2. The first-order valence-corrected chi connectivity index (χ1v) is 8.72. The van der Waals surface area contributed by atoms with Crippen LogP contribution in [0.25, 0.3) is 0 Å². The lowest BCUT2D eigenvalue weighted by Gasteiger charge is -2.47. The molecule has 2 aliphatic heterocycles. The third kappa shape index (κ3) is 3.77. The Labute approximate surface area is 142 Å². The number of nitrogens with zero attached hydrogens (tertiary/aromatic N) is 4.